The van der Waals surface area contributed by atoms with Gasteiger partial charge >= 0.3 is 0 Å². The van der Waals surface area contributed by atoms with Gasteiger partial charge in [0.05, 0.1) is 6.04 Å². The molecule has 0 fully saturated rings. The number of nitrogens with two attached hydrogens (primary N) is 1. The van der Waals surface area contributed by atoms with E-state index in [1.807, 2.05) is 31.5 Å². The van der Waals surface area contributed by atoms with Crippen LogP contribution in [-0.4, -0.2) is 20.8 Å². The third kappa shape index (κ3) is 3.13. The zero-order chi connectivity index (χ0) is 15.4. The van der Waals surface area contributed by atoms with E-state index in [4.69, 9.17) is 5.73 Å². The molecule has 1 aromatic carbocycles. The molecule has 0 saturated carbocycles. The molecule has 114 valence electrons. The van der Waals surface area contributed by atoms with Gasteiger partial charge in [-0.1, -0.05) is 39.0 Å². The number of rotatable bonds is 6. The maximum Gasteiger partial charge on any atom is 0.150 e. The Morgan fingerprint density at radius 2 is 1.90 bits per heavy atom. The number of aromatic nitrogens is 3. The molecule has 2 unspecified atom stereocenters. The Hall–Kier alpha value is -1.75. The fraction of sp³-hybridized carbons (Fsp3) is 0.500. The van der Waals surface area contributed by atoms with Crippen LogP contribution in [0, 0.1) is 5.82 Å². The van der Waals surface area contributed by atoms with E-state index < -0.39 is 0 Å². The smallest absolute Gasteiger partial charge is 0.150 e. The van der Waals surface area contributed by atoms with Crippen LogP contribution in [0.15, 0.2) is 24.3 Å². The SMILES string of the molecule is CCc1nc(CC)n(C(c2ccccc2F)C(N)CC)n1. The molecule has 0 aliphatic heterocycles. The predicted octanol–water partition coefficient (Wildman–Crippen LogP) is 2.87. The molecule has 0 spiro atoms. The number of benzene rings is 1. The standard InChI is InChI=1S/C16H23FN4/c1-4-13(18)16(11-9-7-8-10-12(11)17)21-15(6-3)19-14(5-2)20-21/h7-10,13,16H,4-6,18H2,1-3H3. The van der Waals surface area contributed by atoms with Crippen molar-refractivity contribution in [3.63, 3.8) is 0 Å². The van der Waals surface area contributed by atoms with Crippen molar-refractivity contribution < 1.29 is 4.39 Å². The fourth-order valence-electron chi connectivity index (χ4n) is 2.50. The van der Waals surface area contributed by atoms with Crippen LogP contribution >= 0.6 is 0 Å². The second-order valence-electron chi connectivity index (χ2n) is 5.13. The zero-order valence-corrected chi connectivity index (χ0v) is 12.9. The number of halogens is 1. The first-order valence-electron chi connectivity index (χ1n) is 7.56. The maximum absolute atomic E-state index is 14.2. The van der Waals surface area contributed by atoms with Gasteiger partial charge in [0.15, 0.2) is 5.82 Å². The van der Waals surface area contributed by atoms with E-state index in [0.717, 1.165) is 30.9 Å². The molecule has 4 nitrogen and oxygen atoms in total. The molecule has 2 N–H and O–H groups in total. The highest BCUT2D eigenvalue weighted by Gasteiger charge is 2.26. The highest BCUT2D eigenvalue weighted by atomic mass is 19.1. The van der Waals surface area contributed by atoms with Gasteiger partial charge in [0, 0.05) is 24.4 Å². The molecule has 21 heavy (non-hydrogen) atoms. The molecule has 2 rings (SSSR count). The second kappa shape index (κ2) is 6.80. The first-order chi connectivity index (χ1) is 10.1. The topological polar surface area (TPSA) is 56.7 Å². The summed E-state index contributed by atoms with van der Waals surface area (Å²) in [7, 11) is 0. The lowest BCUT2D eigenvalue weighted by atomic mass is 9.97. The van der Waals surface area contributed by atoms with Crippen LogP contribution in [0.4, 0.5) is 4.39 Å². The van der Waals surface area contributed by atoms with Gasteiger partial charge < -0.3 is 5.73 Å². The minimum absolute atomic E-state index is 0.210. The molecule has 1 aromatic heterocycles. The van der Waals surface area contributed by atoms with Gasteiger partial charge in [0.2, 0.25) is 0 Å². The summed E-state index contributed by atoms with van der Waals surface area (Å²) >= 11 is 0. The van der Waals surface area contributed by atoms with Gasteiger partial charge in [-0.25, -0.2) is 14.1 Å². The average molecular weight is 290 g/mol. The summed E-state index contributed by atoms with van der Waals surface area (Å²) in [5.74, 6) is 1.38. The Balaban J connectivity index is 2.56. The summed E-state index contributed by atoms with van der Waals surface area (Å²) in [6.07, 6.45) is 2.24. The van der Waals surface area contributed by atoms with Crippen molar-refractivity contribution in [2.75, 3.05) is 0 Å². The number of hydrogen-bond donors (Lipinski definition) is 1. The summed E-state index contributed by atoms with van der Waals surface area (Å²) in [5.41, 5.74) is 6.85. The minimum atomic E-state index is -0.320. The number of aryl methyl sites for hydroxylation is 2. The van der Waals surface area contributed by atoms with Gasteiger partial charge in [0.25, 0.3) is 0 Å². The van der Waals surface area contributed by atoms with Gasteiger partial charge in [0.1, 0.15) is 11.6 Å². The Morgan fingerprint density at radius 3 is 2.48 bits per heavy atom. The minimum Gasteiger partial charge on any atom is -0.326 e. The molecular weight excluding hydrogens is 267 g/mol. The summed E-state index contributed by atoms with van der Waals surface area (Å²) in [6, 6.07) is 6.23. The van der Waals surface area contributed by atoms with E-state index >= 15 is 0 Å². The highest BCUT2D eigenvalue weighted by Crippen LogP contribution is 2.26. The van der Waals surface area contributed by atoms with Crippen LogP contribution in [0.2, 0.25) is 0 Å². The van der Waals surface area contributed by atoms with Crippen LogP contribution in [-0.2, 0) is 12.8 Å². The van der Waals surface area contributed by atoms with Crippen LogP contribution < -0.4 is 5.73 Å². The van der Waals surface area contributed by atoms with E-state index in [0.29, 0.717) is 5.56 Å². The summed E-state index contributed by atoms with van der Waals surface area (Å²) in [4.78, 5) is 4.51. The van der Waals surface area contributed by atoms with Crippen molar-refractivity contribution in [3.8, 4) is 0 Å². The average Bonchev–Trinajstić information content (AvgIpc) is 2.92. The lowest BCUT2D eigenvalue weighted by Gasteiger charge is -2.25. The normalized spacial score (nSPS) is 14.1. The molecule has 0 aliphatic rings. The lowest BCUT2D eigenvalue weighted by molar-refractivity contribution is 0.396. The molecule has 2 atom stereocenters. The van der Waals surface area contributed by atoms with Gasteiger partial charge in [-0.3, -0.25) is 0 Å². The van der Waals surface area contributed by atoms with E-state index in [1.54, 1.807) is 12.1 Å². The third-order valence-corrected chi connectivity index (χ3v) is 3.74. The van der Waals surface area contributed by atoms with Crippen LogP contribution in [0.25, 0.3) is 0 Å². The van der Waals surface area contributed by atoms with Gasteiger partial charge in [-0.05, 0) is 12.5 Å². The molecule has 0 amide bonds. The molecule has 0 saturated heterocycles. The molecule has 0 aliphatic carbocycles. The quantitative estimate of drug-likeness (QED) is 0.890. The molecule has 0 radical (unpaired) electrons. The molecule has 5 heteroatoms. The van der Waals surface area contributed by atoms with E-state index in [-0.39, 0.29) is 17.9 Å². The molecule has 0 bridgehead atoms. The van der Waals surface area contributed by atoms with Crippen LogP contribution in [0.1, 0.15) is 50.4 Å². The zero-order valence-electron chi connectivity index (χ0n) is 12.9. The number of hydrogen-bond acceptors (Lipinski definition) is 3. The van der Waals surface area contributed by atoms with E-state index in [2.05, 4.69) is 10.1 Å². The summed E-state index contributed by atoms with van der Waals surface area (Å²) in [5, 5.41) is 4.55. The van der Waals surface area contributed by atoms with Crippen molar-refractivity contribution in [1.29, 1.82) is 0 Å². The van der Waals surface area contributed by atoms with Crippen molar-refractivity contribution in [3.05, 3.63) is 47.3 Å². The van der Waals surface area contributed by atoms with E-state index in [1.165, 1.54) is 6.07 Å². The first kappa shape index (κ1) is 15.6. The predicted molar refractivity (Wildman–Crippen MR) is 81.6 cm³/mol. The molecule has 2 aromatic rings. The number of nitrogens with zero attached hydrogens (tertiary/aromatic N) is 3. The third-order valence-electron chi connectivity index (χ3n) is 3.74. The van der Waals surface area contributed by atoms with E-state index in [9.17, 15) is 4.39 Å². The fourth-order valence-corrected chi connectivity index (χ4v) is 2.50. The monoisotopic (exact) mass is 290 g/mol. The largest absolute Gasteiger partial charge is 0.326 e. The van der Waals surface area contributed by atoms with Crippen molar-refractivity contribution in [2.45, 2.75) is 52.1 Å². The Labute approximate surface area is 125 Å². The van der Waals surface area contributed by atoms with Gasteiger partial charge in [-0.15, -0.1) is 0 Å². The second-order valence-corrected chi connectivity index (χ2v) is 5.13. The van der Waals surface area contributed by atoms with Crippen molar-refractivity contribution in [2.24, 2.45) is 5.73 Å². The highest BCUT2D eigenvalue weighted by molar-refractivity contribution is 5.24. The Morgan fingerprint density at radius 1 is 1.19 bits per heavy atom. The Kier molecular flexibility index (Phi) is 5.07. The van der Waals surface area contributed by atoms with Gasteiger partial charge in [-0.2, -0.15) is 5.10 Å². The Bertz CT molecular complexity index is 594. The summed E-state index contributed by atoms with van der Waals surface area (Å²) < 4.78 is 16.0. The maximum atomic E-state index is 14.2. The first-order valence-corrected chi connectivity index (χ1v) is 7.56. The lowest BCUT2D eigenvalue weighted by Crippen LogP contribution is -2.34. The van der Waals surface area contributed by atoms with Crippen LogP contribution in [0.5, 0.6) is 0 Å². The summed E-state index contributed by atoms with van der Waals surface area (Å²) in [6.45, 7) is 6.04. The molecule has 1 heterocycles. The molecular formula is C16H23FN4. The van der Waals surface area contributed by atoms with Crippen molar-refractivity contribution in [1.82, 2.24) is 14.8 Å². The van der Waals surface area contributed by atoms with Crippen LogP contribution in [0.3, 0.4) is 0 Å². The van der Waals surface area contributed by atoms with Crippen molar-refractivity contribution >= 4 is 0 Å².